The Morgan fingerprint density at radius 3 is 1.08 bits per heavy atom. The van der Waals surface area contributed by atoms with Gasteiger partial charge >= 0.3 is 0 Å². The van der Waals surface area contributed by atoms with Gasteiger partial charge < -0.3 is 34.7 Å². The van der Waals surface area contributed by atoms with Crippen molar-refractivity contribution in [3.8, 4) is 17.2 Å². The molecule has 378 valence electrons. The first kappa shape index (κ1) is 89.3. The zero-order chi connectivity index (χ0) is 70.9. The summed E-state index contributed by atoms with van der Waals surface area (Å²) in [6, 6.07) is 11.1. The van der Waals surface area contributed by atoms with Crippen LogP contribution in [0.5, 0.6) is 17.2 Å². The Morgan fingerprint density at radius 1 is 0.411 bits per heavy atom. The van der Waals surface area contributed by atoms with Gasteiger partial charge in [-0.1, -0.05) is 7.43 Å². The molecular weight excluding hydrogens is 1310 g/mol. The fourth-order valence-electron chi connectivity index (χ4n) is 13.0. The van der Waals surface area contributed by atoms with Gasteiger partial charge in [-0.15, -0.1) is 0 Å². The second kappa shape index (κ2) is 42.7. The second-order valence-corrected chi connectivity index (χ2v) is 25.8. The monoisotopic (exact) mass is 1350 g/mol. The van der Waals surface area contributed by atoms with Gasteiger partial charge in [0, 0.05) is 389 Å². The molecule has 0 atom stereocenters. The van der Waals surface area contributed by atoms with Crippen LogP contribution in [-0.2, 0) is 11.3 Å². The van der Waals surface area contributed by atoms with Crippen molar-refractivity contribution in [3.05, 3.63) is 68.4 Å². The smallest absolute Gasteiger partial charge is 0.263 e. The lowest BCUT2D eigenvalue weighted by Crippen LogP contribution is -2.96. The molecule has 0 saturated carbocycles. The van der Waals surface area contributed by atoms with Gasteiger partial charge in [-0.3, -0.25) is 4.79 Å². The van der Waals surface area contributed by atoms with Crippen LogP contribution in [0.3, 0.4) is 0 Å². The molecule has 0 aromatic carbocycles. The summed E-state index contributed by atoms with van der Waals surface area (Å²) in [5.74, 6) is 4.27. The molecule has 7 heterocycles. The number of pyridine rings is 3. The maximum absolute atomic E-state index is 10.8. The second-order valence-electron chi connectivity index (χ2n) is 23.4. The van der Waals surface area contributed by atoms with Gasteiger partial charge in [-0.05, 0) is 84.2 Å². The molecule has 0 saturated heterocycles. The Balaban J connectivity index is 0.000000445. The molecule has 3 aliphatic heterocycles. The van der Waals surface area contributed by atoms with Crippen molar-refractivity contribution in [2.24, 2.45) is 0 Å². The molecule has 1 amide bonds. The molecule has 56 radical (unpaired) electrons. The molecule has 12 nitrogen and oxygen atoms in total. The number of nitrogens with zero attached hydrogens (tertiary/aromatic N) is 5. The molecule has 0 bridgehead atoms. The maximum atomic E-state index is 10.8. The lowest BCUT2D eigenvalue weighted by molar-refractivity contribution is -0.118. The van der Waals surface area contributed by atoms with Crippen LogP contribution in [0.2, 0.25) is 0 Å². The molecule has 3 N–H and O–H groups in total. The average Bonchev–Trinajstić information content (AvgIpc) is 0.978. The van der Waals surface area contributed by atoms with Gasteiger partial charge in [-0.2, -0.15) is 0 Å². The molecule has 0 spiro atoms. The summed E-state index contributed by atoms with van der Waals surface area (Å²) in [6.07, 6.45) is -31.6. The van der Waals surface area contributed by atoms with Gasteiger partial charge in [0.1, 0.15) is 27.0 Å². The highest BCUT2D eigenvalue weighted by Crippen LogP contribution is 2.32. The van der Waals surface area contributed by atoms with Crippen molar-refractivity contribution in [2.45, 2.75) is 14.0 Å². The summed E-state index contributed by atoms with van der Waals surface area (Å²) in [5.41, 5.74) is 1.07. The number of aromatic amines is 1. The number of carbonyl (C=O) groups is 1. The highest BCUT2D eigenvalue weighted by atomic mass is 79.9. The normalized spacial score (nSPS) is 11.6. The summed E-state index contributed by atoms with van der Waals surface area (Å²) >= 11 is 9.86. The summed E-state index contributed by atoms with van der Waals surface area (Å²) < 4.78 is 18.3. The van der Waals surface area contributed by atoms with E-state index in [1.807, 2.05) is 30.5 Å². The number of H-pyrrole nitrogens is 1. The Morgan fingerprint density at radius 2 is 0.726 bits per heavy atom. The highest BCUT2D eigenvalue weighted by molar-refractivity contribution is 9.11. The first-order valence-electron chi connectivity index (χ1n) is 29.8. The van der Waals surface area contributed by atoms with Gasteiger partial charge in [0.15, 0.2) is 41.3 Å². The third-order valence-corrected chi connectivity index (χ3v) is 18.0. The van der Waals surface area contributed by atoms with Gasteiger partial charge in [0.05, 0.1) is 31.7 Å². The zero-order valence-corrected chi connectivity index (χ0v) is 56.8. The quantitative estimate of drug-likeness (QED) is 0.0391. The third-order valence-electron chi connectivity index (χ3n) is 16.7. The van der Waals surface area contributed by atoms with E-state index in [1.165, 1.54) is 0 Å². The van der Waals surface area contributed by atoms with Crippen molar-refractivity contribution >= 4 is 454 Å². The number of nitrogens with one attached hydrogen (secondary N) is 3. The first-order chi connectivity index (χ1) is 43.9. The van der Waals surface area contributed by atoms with Gasteiger partial charge in [0.2, 0.25) is 0 Å². The molecule has 95 heavy (non-hydrogen) atoms. The molecule has 0 fully saturated rings. The number of carbonyl (C=O) groups excluding carboxylic acids is 1. The SMILES string of the molecule is Brc1ccc2c(n1)N(Cc1cnc[nH]1)CCO2.Brc1ccc2c(n1)NCCO2.C.O=C1COc2ccc(Br)nc2N1.[B]B([B])B(B([B])[B])B(B(B([B])[B])B([B])[B])B(B(B([B])[B])B([B])[B])B(B(B(B([B])[B])B([B])[B])B(B([B])[B])B([B])[B])B(B(B([B])[B])B([B])[B])B(B([B])[B])B([B])[B]. The molecule has 69 heteroatoms. The minimum Gasteiger partial charge on any atom is -0.488 e. The minimum absolute atomic E-state index is 0. The van der Waals surface area contributed by atoms with E-state index in [9.17, 15) is 4.79 Å². The van der Waals surface area contributed by atoms with E-state index >= 15 is 0 Å². The Bertz CT molecular complexity index is 2730. The summed E-state index contributed by atoms with van der Waals surface area (Å²) in [4.78, 5) is 32.8. The zero-order valence-electron chi connectivity index (χ0n) is 52.0. The Labute approximate surface area is 639 Å². The van der Waals surface area contributed by atoms with Crippen LogP contribution in [0.15, 0.2) is 62.7 Å². The van der Waals surface area contributed by atoms with Crippen LogP contribution in [0, 0.1) is 0 Å². The predicted octanol–water partition coefficient (Wildman–Crippen LogP) is -15.1. The van der Waals surface area contributed by atoms with Gasteiger partial charge in [0.25, 0.3) is 5.91 Å². The number of imidazole rings is 1. The predicted molar refractivity (Wildman–Crippen MR) is 477 cm³/mol. The molecule has 0 aliphatic carbocycles. The summed E-state index contributed by atoms with van der Waals surface area (Å²) in [5, 5.41) is 5.73. The number of hydrogen-bond acceptors (Lipinski definition) is 10. The fourth-order valence-corrected chi connectivity index (χ4v) is 13.9. The molecule has 4 aromatic rings. The lowest BCUT2D eigenvalue weighted by atomic mass is 8.24. The maximum Gasteiger partial charge on any atom is 0.263 e. The molecule has 4 aromatic heterocycles. The number of fused-ring (bicyclic) bond motifs is 3. The number of rotatable bonds is 27. The van der Waals surface area contributed by atoms with E-state index in [1.54, 1.807) is 18.5 Å². The van der Waals surface area contributed by atoms with E-state index < -0.39 is 166 Å². The molecular formula is C26H27B54Br3N8O4. The number of amides is 1. The van der Waals surface area contributed by atoms with Crippen LogP contribution >= 0.6 is 47.8 Å². The van der Waals surface area contributed by atoms with Crippen LogP contribution in [0.1, 0.15) is 13.1 Å². The van der Waals surface area contributed by atoms with Crippen molar-refractivity contribution in [1.29, 1.82) is 0 Å². The van der Waals surface area contributed by atoms with E-state index in [0.29, 0.717) is 22.8 Å². The number of halogens is 3. The standard InChI is InChI=1S/C11H11BrN4O.C7H5BrN2O2.C7H7BrN2O.CH4.B54/c12-10-2-1-9-11(15-10)16(3-4-17-9)6-8-5-13-7-14-8;8-5-2-1-4-7(9-5)10-6(11)3-12-4;8-6-2-1-5-7(10-6)9-3-4-11-5;;1-29(2)43(30(3)4)50(44(31(5)6)32(7)8)53(49(41(25)26)42(27)28)54(51(45(33(9)10)34(11)12)46(35(13)14)36(15)16)52(47(37(17)18)38(19)20)48(39(21)22)40(23)24/h1-2,5,7H,3-4,6H2,(H,13,14);1-2H,3H2,(H,9,10,11);1-2H,3-4H2,(H,9,10);1H4;. The molecule has 7 rings (SSSR count). The number of aromatic nitrogens is 5. The van der Waals surface area contributed by atoms with Crippen LogP contribution in [0.25, 0.3) is 0 Å². The summed E-state index contributed by atoms with van der Waals surface area (Å²) in [7, 11) is 182. The van der Waals surface area contributed by atoms with E-state index in [0.717, 1.165) is 64.3 Å². The van der Waals surface area contributed by atoms with Crippen molar-refractivity contribution in [3.63, 3.8) is 0 Å². The fraction of sp³-hybridized carbons (Fsp3) is 0.269. The molecule has 0 unspecified atom stereocenters. The topological polar surface area (TPSA) is 139 Å². The van der Waals surface area contributed by atoms with Gasteiger partial charge in [-0.25, -0.2) is 19.9 Å². The van der Waals surface area contributed by atoms with Crippen molar-refractivity contribution in [1.82, 2.24) is 24.9 Å². The van der Waals surface area contributed by atoms with Crippen LogP contribution < -0.4 is 29.7 Å². The minimum atomic E-state index is -1.44. The van der Waals surface area contributed by atoms with Crippen LogP contribution in [-0.4, -0.2) is 446 Å². The number of hydrogen-bond donors (Lipinski definition) is 3. The largest absolute Gasteiger partial charge is 0.488 e. The van der Waals surface area contributed by atoms with Crippen molar-refractivity contribution in [2.75, 3.05) is 48.4 Å². The first-order valence-corrected chi connectivity index (χ1v) is 32.1. The van der Waals surface area contributed by atoms with E-state index in [4.69, 9.17) is 231 Å². The summed E-state index contributed by atoms with van der Waals surface area (Å²) in [6.45, 7) is 3.89. The third kappa shape index (κ3) is 25.7. The van der Waals surface area contributed by atoms with E-state index in [2.05, 4.69) is 88.2 Å². The Kier molecular flexibility index (Phi) is 40.2. The highest BCUT2D eigenvalue weighted by Gasteiger charge is 2.61. The lowest BCUT2D eigenvalue weighted by Gasteiger charge is -2.58. The number of anilines is 3. The Hall–Kier alpha value is 0.0765. The average molecular weight is 1340 g/mol. The number of ether oxygens (including phenoxy) is 3. The molecule has 3 aliphatic rings. The van der Waals surface area contributed by atoms with E-state index in [-0.39, 0.29) is 19.9 Å². The van der Waals surface area contributed by atoms with Crippen molar-refractivity contribution < 1.29 is 19.0 Å². The van der Waals surface area contributed by atoms with Crippen LogP contribution in [0.4, 0.5) is 17.5 Å².